The molecule has 0 saturated heterocycles. The number of hydrogen-bond acceptors (Lipinski definition) is 5. The first-order chi connectivity index (χ1) is 7.71. The van der Waals surface area contributed by atoms with Gasteiger partial charge in [0.25, 0.3) is 0 Å². The van der Waals surface area contributed by atoms with Gasteiger partial charge in [0.05, 0.1) is 30.3 Å². The number of nitrogens with one attached hydrogen (secondary N) is 1. The van der Waals surface area contributed by atoms with Crippen LogP contribution in [0.4, 0.5) is 5.69 Å². The molecule has 0 unspecified atom stereocenters. The quantitative estimate of drug-likeness (QED) is 0.447. The average Bonchev–Trinajstić information content (AvgIpc) is 2.29. The van der Waals surface area contributed by atoms with E-state index in [1.807, 2.05) is 6.07 Å². The first-order valence-corrected chi connectivity index (χ1v) is 4.86. The minimum atomic E-state index is -0.339. The maximum absolute atomic E-state index is 11.3. The van der Waals surface area contributed by atoms with E-state index in [4.69, 9.17) is 15.8 Å². The van der Waals surface area contributed by atoms with Gasteiger partial charge in [-0.15, -0.1) is 0 Å². The number of nitrogens with zero attached hydrogens (tertiary/aromatic N) is 1. The van der Waals surface area contributed by atoms with E-state index in [1.165, 1.54) is 0 Å². The SMILES string of the molecule is CCOC(=O)Cc1cc(C#N)ccc1NN. The summed E-state index contributed by atoms with van der Waals surface area (Å²) >= 11 is 0. The monoisotopic (exact) mass is 219 g/mol. The lowest BCUT2D eigenvalue weighted by atomic mass is 10.1. The molecule has 0 aliphatic rings. The first-order valence-electron chi connectivity index (χ1n) is 4.86. The lowest BCUT2D eigenvalue weighted by Crippen LogP contribution is -2.13. The molecular formula is C11H13N3O2. The fourth-order valence-corrected chi connectivity index (χ4v) is 1.32. The van der Waals surface area contributed by atoms with E-state index in [1.54, 1.807) is 25.1 Å². The number of carbonyl (C=O) groups is 1. The lowest BCUT2D eigenvalue weighted by Gasteiger charge is -2.08. The fraction of sp³-hybridized carbons (Fsp3) is 0.273. The van der Waals surface area contributed by atoms with Crippen LogP contribution in [0.1, 0.15) is 18.1 Å². The van der Waals surface area contributed by atoms with Gasteiger partial charge < -0.3 is 10.2 Å². The third-order valence-corrected chi connectivity index (χ3v) is 2.03. The summed E-state index contributed by atoms with van der Waals surface area (Å²) in [7, 11) is 0. The maximum Gasteiger partial charge on any atom is 0.310 e. The third kappa shape index (κ3) is 2.97. The van der Waals surface area contributed by atoms with Crippen molar-refractivity contribution in [2.75, 3.05) is 12.0 Å². The molecule has 0 amide bonds. The molecule has 0 aliphatic heterocycles. The van der Waals surface area contributed by atoms with Crippen LogP contribution in [0.2, 0.25) is 0 Å². The number of benzene rings is 1. The molecule has 0 atom stereocenters. The second-order valence-corrected chi connectivity index (χ2v) is 3.11. The molecule has 0 bridgehead atoms. The van der Waals surface area contributed by atoms with Gasteiger partial charge in [0.2, 0.25) is 0 Å². The van der Waals surface area contributed by atoms with Crippen molar-refractivity contribution < 1.29 is 9.53 Å². The average molecular weight is 219 g/mol. The minimum absolute atomic E-state index is 0.100. The molecule has 3 N–H and O–H groups in total. The van der Waals surface area contributed by atoms with Crippen LogP contribution in [0.5, 0.6) is 0 Å². The number of esters is 1. The molecule has 0 heterocycles. The van der Waals surface area contributed by atoms with Crippen molar-refractivity contribution in [3.05, 3.63) is 29.3 Å². The Morgan fingerprint density at radius 3 is 2.94 bits per heavy atom. The highest BCUT2D eigenvalue weighted by atomic mass is 16.5. The Morgan fingerprint density at radius 2 is 2.38 bits per heavy atom. The zero-order chi connectivity index (χ0) is 12.0. The number of hydrazine groups is 1. The molecule has 84 valence electrons. The molecular weight excluding hydrogens is 206 g/mol. The summed E-state index contributed by atoms with van der Waals surface area (Å²) in [6, 6.07) is 6.91. The van der Waals surface area contributed by atoms with Crippen molar-refractivity contribution in [3.63, 3.8) is 0 Å². The molecule has 0 aromatic heterocycles. The smallest absolute Gasteiger partial charge is 0.310 e. The standard InChI is InChI=1S/C11H13N3O2/c1-2-16-11(15)6-9-5-8(7-12)3-4-10(9)14-13/h3-5,14H,2,6,13H2,1H3. The van der Waals surface area contributed by atoms with Gasteiger partial charge in [-0.25, -0.2) is 0 Å². The van der Waals surface area contributed by atoms with E-state index in [0.29, 0.717) is 23.4 Å². The number of rotatable bonds is 4. The normalized spacial score (nSPS) is 9.31. The summed E-state index contributed by atoms with van der Waals surface area (Å²) in [5.41, 5.74) is 4.23. The largest absolute Gasteiger partial charge is 0.466 e. The number of anilines is 1. The molecule has 16 heavy (non-hydrogen) atoms. The fourth-order valence-electron chi connectivity index (χ4n) is 1.32. The van der Waals surface area contributed by atoms with Gasteiger partial charge in [-0.05, 0) is 30.7 Å². The third-order valence-electron chi connectivity index (χ3n) is 2.03. The Labute approximate surface area is 93.8 Å². The number of ether oxygens (including phenoxy) is 1. The molecule has 0 aliphatic carbocycles. The van der Waals surface area contributed by atoms with Crippen molar-refractivity contribution in [2.24, 2.45) is 5.84 Å². The van der Waals surface area contributed by atoms with Crippen LogP contribution in [0.3, 0.4) is 0 Å². The summed E-state index contributed by atoms with van der Waals surface area (Å²) in [5, 5.41) is 8.75. The highest BCUT2D eigenvalue weighted by Crippen LogP contribution is 2.17. The van der Waals surface area contributed by atoms with Crippen LogP contribution in [-0.2, 0) is 16.0 Å². The summed E-state index contributed by atoms with van der Waals surface area (Å²) in [5.74, 6) is 4.97. The Hall–Kier alpha value is -2.06. The molecule has 0 radical (unpaired) electrons. The topological polar surface area (TPSA) is 88.1 Å². The number of hydrogen-bond donors (Lipinski definition) is 2. The molecule has 5 nitrogen and oxygen atoms in total. The van der Waals surface area contributed by atoms with Gasteiger partial charge in [0, 0.05) is 0 Å². The molecule has 0 saturated carbocycles. The number of nitriles is 1. The van der Waals surface area contributed by atoms with Gasteiger partial charge >= 0.3 is 5.97 Å². The van der Waals surface area contributed by atoms with Crippen molar-refractivity contribution in [2.45, 2.75) is 13.3 Å². The number of nitrogen functional groups attached to an aromatic ring is 1. The molecule has 1 aromatic rings. The van der Waals surface area contributed by atoms with E-state index >= 15 is 0 Å². The Morgan fingerprint density at radius 1 is 1.62 bits per heavy atom. The van der Waals surface area contributed by atoms with Crippen LogP contribution in [0.15, 0.2) is 18.2 Å². The summed E-state index contributed by atoms with van der Waals surface area (Å²) in [6.45, 7) is 2.08. The zero-order valence-electron chi connectivity index (χ0n) is 8.99. The molecule has 5 heteroatoms. The molecule has 0 spiro atoms. The van der Waals surface area contributed by atoms with Crippen LogP contribution in [0.25, 0.3) is 0 Å². The highest BCUT2D eigenvalue weighted by Gasteiger charge is 2.09. The van der Waals surface area contributed by atoms with Crippen LogP contribution < -0.4 is 11.3 Å². The van der Waals surface area contributed by atoms with Crippen LogP contribution >= 0.6 is 0 Å². The van der Waals surface area contributed by atoms with Gasteiger partial charge in [-0.3, -0.25) is 10.6 Å². The predicted octanol–water partition coefficient (Wildman–Crippen LogP) is 0.949. The minimum Gasteiger partial charge on any atom is -0.466 e. The van der Waals surface area contributed by atoms with Crippen LogP contribution in [-0.4, -0.2) is 12.6 Å². The number of nitrogens with two attached hydrogens (primary N) is 1. The zero-order valence-corrected chi connectivity index (χ0v) is 8.99. The Kier molecular flexibility index (Phi) is 4.30. The highest BCUT2D eigenvalue weighted by molar-refractivity contribution is 5.75. The maximum atomic E-state index is 11.3. The number of carbonyl (C=O) groups excluding carboxylic acids is 1. The molecule has 0 fully saturated rings. The van der Waals surface area contributed by atoms with E-state index in [0.717, 1.165) is 0 Å². The second-order valence-electron chi connectivity index (χ2n) is 3.11. The van der Waals surface area contributed by atoms with E-state index in [9.17, 15) is 4.79 Å². The van der Waals surface area contributed by atoms with Gasteiger partial charge in [0.15, 0.2) is 0 Å². The predicted molar refractivity (Wildman–Crippen MR) is 59.3 cm³/mol. The summed E-state index contributed by atoms with van der Waals surface area (Å²) in [6.07, 6.45) is 0.100. The summed E-state index contributed by atoms with van der Waals surface area (Å²) in [4.78, 5) is 11.3. The lowest BCUT2D eigenvalue weighted by molar-refractivity contribution is -0.142. The van der Waals surface area contributed by atoms with Crippen LogP contribution in [0, 0.1) is 11.3 Å². The van der Waals surface area contributed by atoms with Crippen molar-refractivity contribution in [1.82, 2.24) is 0 Å². The van der Waals surface area contributed by atoms with Crippen molar-refractivity contribution in [3.8, 4) is 6.07 Å². The molecule has 1 rings (SSSR count). The van der Waals surface area contributed by atoms with Gasteiger partial charge in [0.1, 0.15) is 0 Å². The second kappa shape index (κ2) is 5.73. The van der Waals surface area contributed by atoms with E-state index in [2.05, 4.69) is 5.43 Å². The van der Waals surface area contributed by atoms with Crippen molar-refractivity contribution in [1.29, 1.82) is 5.26 Å². The van der Waals surface area contributed by atoms with Gasteiger partial charge in [-0.2, -0.15) is 5.26 Å². The van der Waals surface area contributed by atoms with Crippen molar-refractivity contribution >= 4 is 11.7 Å². The Balaban J connectivity index is 2.92. The van der Waals surface area contributed by atoms with E-state index < -0.39 is 0 Å². The van der Waals surface area contributed by atoms with Gasteiger partial charge in [-0.1, -0.05) is 0 Å². The van der Waals surface area contributed by atoms with E-state index in [-0.39, 0.29) is 12.4 Å². The molecule has 1 aromatic carbocycles. The Bertz CT molecular complexity index is 424. The summed E-state index contributed by atoms with van der Waals surface area (Å²) < 4.78 is 4.83. The first kappa shape index (κ1) is 12.0.